The lowest BCUT2D eigenvalue weighted by atomic mass is 10.3. The summed E-state index contributed by atoms with van der Waals surface area (Å²) in [6, 6.07) is 11.2. The average molecular weight is 258 g/mol. The Bertz CT molecular complexity index is 529. The number of para-hydroxylation sites is 2. The van der Waals surface area contributed by atoms with Crippen molar-refractivity contribution in [3.05, 3.63) is 48.3 Å². The Labute approximate surface area is 113 Å². The van der Waals surface area contributed by atoms with Crippen molar-refractivity contribution in [2.45, 2.75) is 20.0 Å². The van der Waals surface area contributed by atoms with Crippen LogP contribution in [0.15, 0.2) is 42.6 Å². The standard InChI is InChI=1S/C15H18N2O2/c1-2-9-18-14-5-3-4-6-15(14)19-11-13-10-12(16)7-8-17-13/h3-8,10H,2,9,11H2,1H3,(H2,16,17). The first-order valence-corrected chi connectivity index (χ1v) is 6.34. The summed E-state index contributed by atoms with van der Waals surface area (Å²) in [5, 5.41) is 0. The quantitative estimate of drug-likeness (QED) is 0.865. The fourth-order valence-corrected chi connectivity index (χ4v) is 1.63. The van der Waals surface area contributed by atoms with Gasteiger partial charge in [-0.15, -0.1) is 0 Å². The molecule has 0 bridgehead atoms. The van der Waals surface area contributed by atoms with E-state index in [0.29, 0.717) is 18.9 Å². The highest BCUT2D eigenvalue weighted by Gasteiger charge is 2.04. The number of benzene rings is 1. The van der Waals surface area contributed by atoms with Gasteiger partial charge in [0.25, 0.3) is 0 Å². The molecule has 2 aromatic rings. The van der Waals surface area contributed by atoms with Crippen molar-refractivity contribution in [3.63, 3.8) is 0 Å². The van der Waals surface area contributed by atoms with Crippen LogP contribution in [0.1, 0.15) is 19.0 Å². The third kappa shape index (κ3) is 3.88. The summed E-state index contributed by atoms with van der Waals surface area (Å²) in [5.74, 6) is 1.48. The van der Waals surface area contributed by atoms with E-state index in [4.69, 9.17) is 15.2 Å². The van der Waals surface area contributed by atoms with Crippen molar-refractivity contribution in [1.82, 2.24) is 4.98 Å². The number of rotatable bonds is 6. The number of nitrogens with zero attached hydrogens (tertiary/aromatic N) is 1. The maximum absolute atomic E-state index is 5.73. The molecule has 1 heterocycles. The molecule has 0 atom stereocenters. The summed E-state index contributed by atoms with van der Waals surface area (Å²) < 4.78 is 11.4. The molecule has 19 heavy (non-hydrogen) atoms. The first kappa shape index (κ1) is 13.2. The fourth-order valence-electron chi connectivity index (χ4n) is 1.63. The summed E-state index contributed by atoms with van der Waals surface area (Å²) in [4.78, 5) is 4.20. The second-order valence-corrected chi connectivity index (χ2v) is 4.16. The minimum Gasteiger partial charge on any atom is -0.490 e. The van der Waals surface area contributed by atoms with Gasteiger partial charge >= 0.3 is 0 Å². The molecule has 0 spiro atoms. The van der Waals surface area contributed by atoms with Crippen molar-refractivity contribution in [3.8, 4) is 11.5 Å². The Morgan fingerprint density at radius 2 is 1.84 bits per heavy atom. The molecule has 2 rings (SSSR count). The van der Waals surface area contributed by atoms with Gasteiger partial charge < -0.3 is 15.2 Å². The molecule has 1 aromatic carbocycles. The van der Waals surface area contributed by atoms with Crippen LogP contribution in [0.2, 0.25) is 0 Å². The molecule has 0 unspecified atom stereocenters. The summed E-state index contributed by atoms with van der Waals surface area (Å²) >= 11 is 0. The first-order valence-electron chi connectivity index (χ1n) is 6.34. The van der Waals surface area contributed by atoms with Gasteiger partial charge in [0.05, 0.1) is 12.3 Å². The lowest BCUT2D eigenvalue weighted by Gasteiger charge is -2.11. The molecule has 4 nitrogen and oxygen atoms in total. The van der Waals surface area contributed by atoms with Crippen LogP contribution in [-0.2, 0) is 6.61 Å². The Morgan fingerprint density at radius 1 is 1.11 bits per heavy atom. The van der Waals surface area contributed by atoms with Gasteiger partial charge in [0, 0.05) is 11.9 Å². The molecule has 0 aliphatic rings. The number of ether oxygens (including phenoxy) is 2. The van der Waals surface area contributed by atoms with E-state index in [-0.39, 0.29) is 0 Å². The monoisotopic (exact) mass is 258 g/mol. The number of aromatic nitrogens is 1. The van der Waals surface area contributed by atoms with Gasteiger partial charge in [-0.2, -0.15) is 0 Å². The van der Waals surface area contributed by atoms with Crippen LogP contribution in [0, 0.1) is 0 Å². The van der Waals surface area contributed by atoms with Crippen molar-refractivity contribution in [2.24, 2.45) is 0 Å². The Kier molecular flexibility index (Phi) is 4.61. The topological polar surface area (TPSA) is 57.4 Å². The number of nitrogens with two attached hydrogens (primary N) is 1. The molecule has 0 radical (unpaired) electrons. The summed E-state index contributed by atoms with van der Waals surface area (Å²) in [5.41, 5.74) is 7.18. The van der Waals surface area contributed by atoms with E-state index in [1.54, 1.807) is 18.3 Å². The van der Waals surface area contributed by atoms with Gasteiger partial charge in [-0.05, 0) is 30.7 Å². The van der Waals surface area contributed by atoms with E-state index in [2.05, 4.69) is 11.9 Å². The van der Waals surface area contributed by atoms with E-state index in [1.165, 1.54) is 0 Å². The van der Waals surface area contributed by atoms with Crippen LogP contribution in [0.25, 0.3) is 0 Å². The van der Waals surface area contributed by atoms with Crippen molar-refractivity contribution < 1.29 is 9.47 Å². The molecule has 0 saturated heterocycles. The van der Waals surface area contributed by atoms with Crippen molar-refractivity contribution in [1.29, 1.82) is 0 Å². The van der Waals surface area contributed by atoms with E-state index >= 15 is 0 Å². The maximum Gasteiger partial charge on any atom is 0.161 e. The van der Waals surface area contributed by atoms with Crippen LogP contribution in [0.5, 0.6) is 11.5 Å². The number of anilines is 1. The zero-order chi connectivity index (χ0) is 13.5. The Morgan fingerprint density at radius 3 is 2.53 bits per heavy atom. The Balaban J connectivity index is 2.02. The molecule has 1 aromatic heterocycles. The smallest absolute Gasteiger partial charge is 0.161 e. The van der Waals surface area contributed by atoms with Crippen LogP contribution < -0.4 is 15.2 Å². The molecule has 0 saturated carbocycles. The highest BCUT2D eigenvalue weighted by atomic mass is 16.5. The van der Waals surface area contributed by atoms with E-state index < -0.39 is 0 Å². The normalized spacial score (nSPS) is 10.2. The van der Waals surface area contributed by atoms with Gasteiger partial charge in [0.2, 0.25) is 0 Å². The van der Waals surface area contributed by atoms with Gasteiger partial charge in [-0.25, -0.2) is 0 Å². The van der Waals surface area contributed by atoms with Gasteiger partial charge in [0.1, 0.15) is 6.61 Å². The highest BCUT2D eigenvalue weighted by molar-refractivity contribution is 5.40. The fraction of sp³-hybridized carbons (Fsp3) is 0.267. The third-order valence-electron chi connectivity index (χ3n) is 2.53. The summed E-state index contributed by atoms with van der Waals surface area (Å²) in [6.45, 7) is 3.12. The summed E-state index contributed by atoms with van der Waals surface area (Å²) in [6.07, 6.45) is 2.64. The lowest BCUT2D eigenvalue weighted by molar-refractivity contribution is 0.259. The maximum atomic E-state index is 5.73. The third-order valence-corrected chi connectivity index (χ3v) is 2.53. The second-order valence-electron chi connectivity index (χ2n) is 4.16. The lowest BCUT2D eigenvalue weighted by Crippen LogP contribution is -2.02. The number of pyridine rings is 1. The predicted octanol–water partition coefficient (Wildman–Crippen LogP) is 3.03. The number of nitrogen functional groups attached to an aromatic ring is 1. The molecular formula is C15H18N2O2. The van der Waals surface area contributed by atoms with Gasteiger partial charge in [-0.1, -0.05) is 19.1 Å². The van der Waals surface area contributed by atoms with Crippen LogP contribution in [-0.4, -0.2) is 11.6 Å². The molecule has 0 aliphatic heterocycles. The first-order chi connectivity index (χ1) is 9.29. The number of hydrogen-bond acceptors (Lipinski definition) is 4. The second kappa shape index (κ2) is 6.64. The van der Waals surface area contributed by atoms with Crippen LogP contribution in [0.4, 0.5) is 5.69 Å². The predicted molar refractivity (Wildman–Crippen MR) is 75.2 cm³/mol. The van der Waals surface area contributed by atoms with E-state index in [1.807, 2.05) is 24.3 Å². The Hall–Kier alpha value is -2.23. The molecular weight excluding hydrogens is 240 g/mol. The summed E-state index contributed by atoms with van der Waals surface area (Å²) in [7, 11) is 0. The minimum atomic E-state index is 0.373. The molecule has 0 aliphatic carbocycles. The van der Waals surface area contributed by atoms with Crippen LogP contribution in [0.3, 0.4) is 0 Å². The van der Waals surface area contributed by atoms with Gasteiger partial charge in [0.15, 0.2) is 11.5 Å². The molecule has 0 fully saturated rings. The SMILES string of the molecule is CCCOc1ccccc1OCc1cc(N)ccn1. The zero-order valence-corrected chi connectivity index (χ0v) is 11.0. The van der Waals surface area contributed by atoms with E-state index in [0.717, 1.165) is 23.6 Å². The average Bonchev–Trinajstić information content (AvgIpc) is 2.44. The molecule has 4 heteroatoms. The number of hydrogen-bond donors (Lipinski definition) is 1. The molecule has 0 amide bonds. The zero-order valence-electron chi connectivity index (χ0n) is 11.0. The minimum absolute atomic E-state index is 0.373. The van der Waals surface area contributed by atoms with Crippen molar-refractivity contribution >= 4 is 5.69 Å². The van der Waals surface area contributed by atoms with E-state index in [9.17, 15) is 0 Å². The highest BCUT2D eigenvalue weighted by Crippen LogP contribution is 2.27. The van der Waals surface area contributed by atoms with Crippen LogP contribution >= 0.6 is 0 Å². The van der Waals surface area contributed by atoms with Crippen molar-refractivity contribution in [2.75, 3.05) is 12.3 Å². The van der Waals surface area contributed by atoms with Gasteiger partial charge in [-0.3, -0.25) is 4.98 Å². The molecule has 100 valence electrons. The largest absolute Gasteiger partial charge is 0.490 e. The molecule has 2 N–H and O–H groups in total.